The van der Waals surface area contributed by atoms with E-state index >= 15 is 0 Å². The Morgan fingerprint density at radius 2 is 1.70 bits per heavy atom. The molecule has 1 nitrogen and oxygen atoms in total. The highest BCUT2D eigenvalue weighted by atomic mass is 32.2. The first-order chi connectivity index (χ1) is 9.74. The number of rotatable bonds is 11. The fourth-order valence-electron chi connectivity index (χ4n) is 2.07. The Hall–Kier alpha value is -0.830. The summed E-state index contributed by atoms with van der Waals surface area (Å²) < 4.78 is 13.4. The lowest BCUT2D eigenvalue weighted by Gasteiger charge is -2.03. The normalized spacial score (nSPS) is 10.7. The minimum atomic E-state index is -0.235. The first-order valence-electron chi connectivity index (χ1n) is 7.63. The highest BCUT2D eigenvalue weighted by Crippen LogP contribution is 2.21. The first kappa shape index (κ1) is 17.2. The van der Waals surface area contributed by atoms with E-state index in [1.807, 2.05) is 0 Å². The van der Waals surface area contributed by atoms with E-state index in [1.165, 1.54) is 49.9 Å². The van der Waals surface area contributed by atoms with Crippen molar-refractivity contribution in [2.75, 3.05) is 5.75 Å². The predicted molar refractivity (Wildman–Crippen MR) is 84.7 cm³/mol. The molecule has 0 heterocycles. The fraction of sp³-hybridized carbons (Fsp3) is 0.588. The number of halogens is 1. The number of hydrogen-bond acceptors (Lipinski definition) is 2. The van der Waals surface area contributed by atoms with Crippen LogP contribution in [0, 0.1) is 5.82 Å². The monoisotopic (exact) mass is 296 g/mol. The van der Waals surface area contributed by atoms with Gasteiger partial charge in [-0.2, -0.15) is 0 Å². The molecule has 0 bridgehead atoms. The lowest BCUT2D eigenvalue weighted by atomic mass is 10.1. The molecular weight excluding hydrogens is 271 g/mol. The van der Waals surface area contributed by atoms with Crippen LogP contribution in [0.25, 0.3) is 0 Å². The van der Waals surface area contributed by atoms with Crippen LogP contribution in [0.1, 0.15) is 58.3 Å². The van der Waals surface area contributed by atoms with Gasteiger partial charge < -0.3 is 0 Å². The highest BCUT2D eigenvalue weighted by Gasteiger charge is 2.06. The number of unbranched alkanes of at least 4 members (excludes halogenated alkanes) is 6. The number of Topliss-reactive ketones (excluding diaryl/α,β-unsaturated/α-hetero) is 1. The van der Waals surface area contributed by atoms with Crippen molar-refractivity contribution in [3.63, 3.8) is 0 Å². The summed E-state index contributed by atoms with van der Waals surface area (Å²) >= 11 is 1.31. The largest absolute Gasteiger partial charge is 0.299 e. The minimum absolute atomic E-state index is 0.229. The number of carbonyl (C=O) groups is 1. The zero-order valence-electron chi connectivity index (χ0n) is 12.4. The predicted octanol–water partition coefficient (Wildman–Crippen LogP) is 5.63. The van der Waals surface area contributed by atoms with Crippen molar-refractivity contribution in [3.8, 4) is 0 Å². The van der Waals surface area contributed by atoms with E-state index in [-0.39, 0.29) is 11.6 Å². The highest BCUT2D eigenvalue weighted by molar-refractivity contribution is 8.00. The van der Waals surface area contributed by atoms with Crippen LogP contribution in [-0.4, -0.2) is 11.5 Å². The molecule has 0 saturated carbocycles. The van der Waals surface area contributed by atoms with Crippen molar-refractivity contribution in [3.05, 3.63) is 30.1 Å². The van der Waals surface area contributed by atoms with E-state index < -0.39 is 0 Å². The van der Waals surface area contributed by atoms with E-state index in [0.29, 0.717) is 17.1 Å². The Morgan fingerprint density at radius 3 is 2.40 bits per heavy atom. The molecule has 0 aromatic heterocycles. The molecule has 0 fully saturated rings. The summed E-state index contributed by atoms with van der Waals surface area (Å²) in [5.41, 5.74) is 0. The Kier molecular flexibility index (Phi) is 9.38. The van der Waals surface area contributed by atoms with Gasteiger partial charge in [-0.3, -0.25) is 4.79 Å². The summed E-state index contributed by atoms with van der Waals surface area (Å²) in [6.07, 6.45) is 9.16. The number of carbonyl (C=O) groups excluding carboxylic acids is 1. The SMILES string of the molecule is CCCCCCCCCC(=O)CSc1ccccc1F. The molecule has 0 N–H and O–H groups in total. The smallest absolute Gasteiger partial charge is 0.143 e. The van der Waals surface area contributed by atoms with Crippen LogP contribution < -0.4 is 0 Å². The first-order valence-corrected chi connectivity index (χ1v) is 8.61. The van der Waals surface area contributed by atoms with Gasteiger partial charge in [0.1, 0.15) is 11.6 Å². The van der Waals surface area contributed by atoms with Crippen molar-refractivity contribution < 1.29 is 9.18 Å². The summed E-state index contributed by atoms with van der Waals surface area (Å²) in [6, 6.07) is 6.62. The average Bonchev–Trinajstić information content (AvgIpc) is 2.45. The number of hydrogen-bond donors (Lipinski definition) is 0. The Labute approximate surface area is 126 Å². The van der Waals surface area contributed by atoms with E-state index in [9.17, 15) is 9.18 Å². The van der Waals surface area contributed by atoms with Gasteiger partial charge in [-0.05, 0) is 18.6 Å². The Morgan fingerprint density at radius 1 is 1.05 bits per heavy atom. The molecule has 112 valence electrons. The van der Waals surface area contributed by atoms with Crippen LogP contribution in [0.5, 0.6) is 0 Å². The molecular formula is C17H25FOS. The lowest BCUT2D eigenvalue weighted by molar-refractivity contribution is -0.116. The molecule has 0 aliphatic rings. The maximum Gasteiger partial charge on any atom is 0.143 e. The van der Waals surface area contributed by atoms with Gasteiger partial charge in [0.2, 0.25) is 0 Å². The van der Waals surface area contributed by atoms with Crippen LogP contribution in [0.4, 0.5) is 4.39 Å². The zero-order chi connectivity index (χ0) is 14.6. The summed E-state index contributed by atoms with van der Waals surface area (Å²) in [4.78, 5) is 12.3. The second-order valence-corrected chi connectivity index (χ2v) is 6.15. The summed E-state index contributed by atoms with van der Waals surface area (Å²) in [5, 5.41) is 0. The molecule has 0 radical (unpaired) electrons. The lowest BCUT2D eigenvalue weighted by Crippen LogP contribution is -2.01. The third kappa shape index (κ3) is 7.68. The maximum atomic E-state index is 13.4. The summed E-state index contributed by atoms with van der Waals surface area (Å²) in [5.74, 6) is 0.379. The van der Waals surface area contributed by atoms with E-state index in [1.54, 1.807) is 18.2 Å². The van der Waals surface area contributed by atoms with Crippen molar-refractivity contribution >= 4 is 17.5 Å². The van der Waals surface area contributed by atoms with Gasteiger partial charge in [0.15, 0.2) is 0 Å². The van der Waals surface area contributed by atoms with Gasteiger partial charge in [-0.15, -0.1) is 11.8 Å². The van der Waals surface area contributed by atoms with Gasteiger partial charge >= 0.3 is 0 Å². The molecule has 0 amide bonds. The topological polar surface area (TPSA) is 17.1 Å². The van der Waals surface area contributed by atoms with Crippen LogP contribution in [0.15, 0.2) is 29.2 Å². The van der Waals surface area contributed by atoms with E-state index in [0.717, 1.165) is 12.8 Å². The average molecular weight is 296 g/mol. The van der Waals surface area contributed by atoms with Gasteiger partial charge in [0.05, 0.1) is 5.75 Å². The molecule has 0 atom stereocenters. The van der Waals surface area contributed by atoms with Crippen LogP contribution in [0.3, 0.4) is 0 Å². The molecule has 0 unspecified atom stereocenters. The third-order valence-electron chi connectivity index (χ3n) is 3.28. The molecule has 20 heavy (non-hydrogen) atoms. The van der Waals surface area contributed by atoms with Crippen LogP contribution in [0.2, 0.25) is 0 Å². The summed E-state index contributed by atoms with van der Waals surface area (Å²) in [7, 11) is 0. The van der Waals surface area contributed by atoms with Gasteiger partial charge in [-0.25, -0.2) is 4.39 Å². The second-order valence-electron chi connectivity index (χ2n) is 5.13. The molecule has 0 aliphatic carbocycles. The third-order valence-corrected chi connectivity index (χ3v) is 4.39. The van der Waals surface area contributed by atoms with E-state index in [4.69, 9.17) is 0 Å². The maximum absolute atomic E-state index is 13.4. The van der Waals surface area contributed by atoms with Crippen molar-refractivity contribution in [2.24, 2.45) is 0 Å². The number of ketones is 1. The van der Waals surface area contributed by atoms with Crippen molar-refractivity contribution in [1.29, 1.82) is 0 Å². The van der Waals surface area contributed by atoms with Gasteiger partial charge in [0.25, 0.3) is 0 Å². The van der Waals surface area contributed by atoms with Gasteiger partial charge in [-0.1, -0.05) is 57.6 Å². The zero-order valence-corrected chi connectivity index (χ0v) is 13.2. The quantitative estimate of drug-likeness (QED) is 0.389. The Bertz CT molecular complexity index is 392. The number of thioether (sulfide) groups is 1. The number of benzene rings is 1. The van der Waals surface area contributed by atoms with E-state index in [2.05, 4.69) is 6.92 Å². The molecule has 0 spiro atoms. The van der Waals surface area contributed by atoms with Crippen molar-refractivity contribution in [1.82, 2.24) is 0 Å². The standard InChI is InChI=1S/C17H25FOS/c1-2-3-4-5-6-7-8-11-15(19)14-20-17-13-10-9-12-16(17)18/h9-10,12-13H,2-8,11,14H2,1H3. The fourth-order valence-corrected chi connectivity index (χ4v) is 2.91. The summed E-state index contributed by atoms with van der Waals surface area (Å²) in [6.45, 7) is 2.21. The minimum Gasteiger partial charge on any atom is -0.299 e. The van der Waals surface area contributed by atoms with Crippen LogP contribution in [-0.2, 0) is 4.79 Å². The molecule has 0 saturated heterocycles. The van der Waals surface area contributed by atoms with Crippen molar-refractivity contribution in [2.45, 2.75) is 63.2 Å². The van der Waals surface area contributed by atoms with Crippen LogP contribution >= 0.6 is 11.8 Å². The molecule has 0 aliphatic heterocycles. The molecule has 1 rings (SSSR count). The molecule has 1 aromatic rings. The van der Waals surface area contributed by atoms with Gasteiger partial charge in [0, 0.05) is 11.3 Å². The second kappa shape index (κ2) is 10.9. The molecule has 3 heteroatoms. The molecule has 1 aromatic carbocycles. The Balaban J connectivity index is 2.05.